The molecule has 0 radical (unpaired) electrons. The van der Waals surface area contributed by atoms with Crippen molar-refractivity contribution in [3.05, 3.63) is 41.0 Å². The number of halogens is 1. The molecular formula is C16H20FN3O2. The summed E-state index contributed by atoms with van der Waals surface area (Å²) in [5.74, 6) is 0.939. The zero-order valence-electron chi connectivity index (χ0n) is 13.4. The van der Waals surface area contributed by atoms with Crippen molar-refractivity contribution in [2.75, 3.05) is 19.5 Å². The molecule has 1 heterocycles. The average molecular weight is 305 g/mol. The van der Waals surface area contributed by atoms with Gasteiger partial charge in [-0.3, -0.25) is 0 Å². The molecule has 0 aliphatic carbocycles. The highest BCUT2D eigenvalue weighted by atomic mass is 19.1. The second kappa shape index (κ2) is 6.60. The van der Waals surface area contributed by atoms with Crippen LogP contribution in [0.15, 0.2) is 18.2 Å². The average Bonchev–Trinajstić information content (AvgIpc) is 2.45. The first-order valence-corrected chi connectivity index (χ1v) is 6.94. The molecule has 6 heteroatoms. The highest BCUT2D eigenvalue weighted by Crippen LogP contribution is 2.33. The van der Waals surface area contributed by atoms with Crippen molar-refractivity contribution in [2.45, 2.75) is 26.8 Å². The van der Waals surface area contributed by atoms with Gasteiger partial charge in [-0.25, -0.2) is 14.4 Å². The topological polar surface area (TPSA) is 56.3 Å². The second-order valence-corrected chi connectivity index (χ2v) is 5.07. The minimum absolute atomic E-state index is 0.319. The first-order valence-electron chi connectivity index (χ1n) is 6.94. The minimum atomic E-state index is -0.373. The van der Waals surface area contributed by atoms with Crippen molar-refractivity contribution >= 4 is 5.95 Å². The van der Waals surface area contributed by atoms with Crippen LogP contribution in [-0.4, -0.2) is 24.2 Å². The third-order valence-electron chi connectivity index (χ3n) is 3.30. The maximum absolute atomic E-state index is 14.2. The fraction of sp³-hybridized carbons (Fsp3) is 0.375. The van der Waals surface area contributed by atoms with E-state index in [4.69, 9.17) is 9.47 Å². The molecular weight excluding hydrogens is 285 g/mol. The third-order valence-corrected chi connectivity index (χ3v) is 3.30. The van der Waals surface area contributed by atoms with E-state index in [2.05, 4.69) is 15.3 Å². The minimum Gasteiger partial charge on any atom is -0.493 e. The Kier molecular flexibility index (Phi) is 4.80. The van der Waals surface area contributed by atoms with E-state index in [0.29, 0.717) is 23.0 Å². The van der Waals surface area contributed by atoms with Gasteiger partial charge in [0, 0.05) is 23.0 Å². The molecule has 1 aromatic carbocycles. The number of aryl methyl sites for hydroxylation is 2. The summed E-state index contributed by atoms with van der Waals surface area (Å²) < 4.78 is 24.6. The van der Waals surface area contributed by atoms with E-state index in [1.54, 1.807) is 6.07 Å². The Balaban J connectivity index is 2.30. The van der Waals surface area contributed by atoms with E-state index in [1.165, 1.54) is 20.3 Å². The zero-order valence-corrected chi connectivity index (χ0v) is 13.4. The lowest BCUT2D eigenvalue weighted by Crippen LogP contribution is -2.12. The lowest BCUT2D eigenvalue weighted by atomic mass is 10.1. The number of anilines is 1. The van der Waals surface area contributed by atoms with Gasteiger partial charge in [0.2, 0.25) is 5.95 Å². The van der Waals surface area contributed by atoms with Gasteiger partial charge in [0.15, 0.2) is 11.5 Å². The van der Waals surface area contributed by atoms with Gasteiger partial charge in [-0.05, 0) is 32.9 Å². The lowest BCUT2D eigenvalue weighted by molar-refractivity contribution is 0.351. The Hall–Kier alpha value is -2.37. The van der Waals surface area contributed by atoms with Crippen LogP contribution >= 0.6 is 0 Å². The third kappa shape index (κ3) is 3.44. The molecule has 0 amide bonds. The summed E-state index contributed by atoms with van der Waals surface area (Å²) in [5.41, 5.74) is 2.17. The van der Waals surface area contributed by atoms with Crippen LogP contribution in [-0.2, 0) is 0 Å². The van der Waals surface area contributed by atoms with Crippen LogP contribution in [0.5, 0.6) is 11.5 Å². The van der Waals surface area contributed by atoms with Crippen molar-refractivity contribution in [3.8, 4) is 11.5 Å². The number of benzene rings is 1. The SMILES string of the molecule is COc1cc(F)c(C(C)Nc2nc(C)cc(C)n2)cc1OC. The Morgan fingerprint density at radius 1 is 1.00 bits per heavy atom. The Bertz CT molecular complexity index is 656. The van der Waals surface area contributed by atoms with Gasteiger partial charge in [-0.2, -0.15) is 0 Å². The number of methoxy groups -OCH3 is 2. The molecule has 1 unspecified atom stereocenters. The van der Waals surface area contributed by atoms with E-state index in [-0.39, 0.29) is 11.9 Å². The number of hydrogen-bond donors (Lipinski definition) is 1. The number of ether oxygens (including phenoxy) is 2. The normalized spacial score (nSPS) is 11.9. The number of nitrogens with one attached hydrogen (secondary N) is 1. The van der Waals surface area contributed by atoms with E-state index < -0.39 is 0 Å². The molecule has 1 atom stereocenters. The molecule has 0 saturated heterocycles. The van der Waals surface area contributed by atoms with Gasteiger partial charge in [0.1, 0.15) is 5.82 Å². The molecule has 2 aromatic rings. The standard InChI is InChI=1S/C16H20FN3O2/c1-9-6-10(2)19-16(18-9)20-11(3)12-7-14(21-4)15(22-5)8-13(12)17/h6-8,11H,1-5H3,(H,18,19,20). The molecule has 0 spiro atoms. The second-order valence-electron chi connectivity index (χ2n) is 5.07. The number of hydrogen-bond acceptors (Lipinski definition) is 5. The van der Waals surface area contributed by atoms with Crippen molar-refractivity contribution in [2.24, 2.45) is 0 Å². The van der Waals surface area contributed by atoms with Crippen molar-refractivity contribution in [1.29, 1.82) is 0 Å². The lowest BCUT2D eigenvalue weighted by Gasteiger charge is -2.18. The Labute approximate surface area is 129 Å². The first kappa shape index (κ1) is 16.0. The molecule has 0 fully saturated rings. The van der Waals surface area contributed by atoms with Crippen molar-refractivity contribution in [1.82, 2.24) is 9.97 Å². The molecule has 1 aromatic heterocycles. The first-order chi connectivity index (χ1) is 10.4. The zero-order chi connectivity index (χ0) is 16.3. The van der Waals surface area contributed by atoms with Crippen LogP contribution < -0.4 is 14.8 Å². The van der Waals surface area contributed by atoms with Gasteiger partial charge in [0.25, 0.3) is 0 Å². The molecule has 0 bridgehead atoms. The summed E-state index contributed by atoms with van der Waals surface area (Å²) in [6.45, 7) is 5.62. The monoisotopic (exact) mass is 305 g/mol. The Morgan fingerprint density at radius 2 is 1.55 bits per heavy atom. The summed E-state index contributed by atoms with van der Waals surface area (Å²) >= 11 is 0. The quantitative estimate of drug-likeness (QED) is 0.917. The summed E-state index contributed by atoms with van der Waals surface area (Å²) in [7, 11) is 2.99. The van der Waals surface area contributed by atoms with Gasteiger partial charge >= 0.3 is 0 Å². The molecule has 118 valence electrons. The summed E-state index contributed by atoms with van der Waals surface area (Å²) in [6.07, 6.45) is 0. The molecule has 0 aliphatic heterocycles. The number of aromatic nitrogens is 2. The maximum Gasteiger partial charge on any atom is 0.223 e. The van der Waals surface area contributed by atoms with Crippen LogP contribution in [0.1, 0.15) is 29.9 Å². The van der Waals surface area contributed by atoms with E-state index in [0.717, 1.165) is 11.4 Å². The summed E-state index contributed by atoms with van der Waals surface area (Å²) in [4.78, 5) is 8.61. The van der Waals surface area contributed by atoms with Gasteiger partial charge in [-0.1, -0.05) is 0 Å². The highest BCUT2D eigenvalue weighted by molar-refractivity contribution is 5.46. The van der Waals surface area contributed by atoms with Crippen LogP contribution in [0.25, 0.3) is 0 Å². The summed E-state index contributed by atoms with van der Waals surface area (Å²) in [6, 6.07) is 4.50. The summed E-state index contributed by atoms with van der Waals surface area (Å²) in [5, 5.41) is 3.11. The Morgan fingerprint density at radius 3 is 2.09 bits per heavy atom. The van der Waals surface area contributed by atoms with E-state index >= 15 is 0 Å². The number of nitrogens with zero attached hydrogens (tertiary/aromatic N) is 2. The van der Waals surface area contributed by atoms with Crippen molar-refractivity contribution in [3.63, 3.8) is 0 Å². The predicted octanol–water partition coefficient (Wildman–Crippen LogP) is 3.42. The highest BCUT2D eigenvalue weighted by Gasteiger charge is 2.17. The van der Waals surface area contributed by atoms with E-state index in [1.807, 2.05) is 26.8 Å². The van der Waals surface area contributed by atoms with Gasteiger partial charge < -0.3 is 14.8 Å². The van der Waals surface area contributed by atoms with Crippen LogP contribution in [0.3, 0.4) is 0 Å². The number of rotatable bonds is 5. The van der Waals surface area contributed by atoms with E-state index in [9.17, 15) is 4.39 Å². The molecule has 0 saturated carbocycles. The fourth-order valence-corrected chi connectivity index (χ4v) is 2.26. The molecule has 0 aliphatic rings. The largest absolute Gasteiger partial charge is 0.493 e. The van der Waals surface area contributed by atoms with Crippen LogP contribution in [0.2, 0.25) is 0 Å². The smallest absolute Gasteiger partial charge is 0.223 e. The van der Waals surface area contributed by atoms with Crippen molar-refractivity contribution < 1.29 is 13.9 Å². The maximum atomic E-state index is 14.2. The van der Waals surface area contributed by atoms with Gasteiger partial charge in [0.05, 0.1) is 20.3 Å². The molecule has 2 rings (SSSR count). The molecule has 5 nitrogen and oxygen atoms in total. The van der Waals surface area contributed by atoms with Gasteiger partial charge in [-0.15, -0.1) is 0 Å². The van der Waals surface area contributed by atoms with Crippen LogP contribution in [0, 0.1) is 19.7 Å². The fourth-order valence-electron chi connectivity index (χ4n) is 2.26. The molecule has 1 N–H and O–H groups in total. The molecule has 22 heavy (non-hydrogen) atoms. The predicted molar refractivity (Wildman–Crippen MR) is 83.0 cm³/mol. The van der Waals surface area contributed by atoms with Crippen LogP contribution in [0.4, 0.5) is 10.3 Å².